The molecule has 0 aliphatic carbocycles. The summed E-state index contributed by atoms with van der Waals surface area (Å²) in [4.78, 5) is 12.5. The minimum Gasteiger partial charge on any atom is -0.496 e. The number of methoxy groups -OCH3 is 1. The van der Waals surface area contributed by atoms with E-state index in [1.54, 1.807) is 6.92 Å². The van der Waals surface area contributed by atoms with E-state index in [9.17, 15) is 25.2 Å². The highest BCUT2D eigenvalue weighted by atomic mass is 16.7. The summed E-state index contributed by atoms with van der Waals surface area (Å²) < 4.78 is 21.6. The van der Waals surface area contributed by atoms with Gasteiger partial charge in [0.15, 0.2) is 0 Å². The zero-order valence-electron chi connectivity index (χ0n) is 15.8. The van der Waals surface area contributed by atoms with Crippen molar-refractivity contribution < 1.29 is 44.2 Å². The second kappa shape index (κ2) is 7.69. The number of cyclic esters (lactones) is 1. The fourth-order valence-corrected chi connectivity index (χ4v) is 3.52. The molecule has 9 nitrogen and oxygen atoms in total. The summed E-state index contributed by atoms with van der Waals surface area (Å²) in [7, 11) is 1.47. The number of aliphatic hydroxyl groups excluding tert-OH is 4. The smallest absolute Gasteiger partial charge is 0.347 e. The molecule has 3 rings (SSSR count). The zero-order valence-corrected chi connectivity index (χ0v) is 15.8. The molecule has 154 valence electrons. The number of hydrogen-bond acceptors (Lipinski definition) is 9. The molecule has 0 saturated carbocycles. The number of fused-ring (bicyclic) bond motifs is 1. The first-order valence-electron chi connectivity index (χ1n) is 8.80. The van der Waals surface area contributed by atoms with Crippen LogP contribution in [-0.2, 0) is 9.47 Å². The lowest BCUT2D eigenvalue weighted by molar-refractivity contribution is -0.277. The lowest BCUT2D eigenvalue weighted by atomic mass is 9.87. The average molecular weight is 396 g/mol. The van der Waals surface area contributed by atoms with E-state index in [1.165, 1.54) is 13.2 Å². The molecule has 2 aliphatic rings. The topological polar surface area (TPSA) is 135 Å². The standard InChI is InChI=1S/C19H24O9/c1-7-9(3)26-18(24)14-11(5-10(25-4)8(2)13(7)14)27-19-17(23)16(22)15(21)12(6-20)28-19/h5,7,12,15-17,19-23H,3,6H2,1-2,4H3/t7?,12-,15-,16+,17-,19+/m1/s1. The fraction of sp³-hybridized carbons (Fsp3) is 0.526. The molecule has 28 heavy (non-hydrogen) atoms. The lowest BCUT2D eigenvalue weighted by Gasteiger charge is -2.40. The Labute approximate surface area is 161 Å². The molecule has 1 fully saturated rings. The van der Waals surface area contributed by atoms with Gasteiger partial charge in [-0.15, -0.1) is 0 Å². The maximum absolute atomic E-state index is 12.5. The van der Waals surface area contributed by atoms with Crippen LogP contribution in [0.25, 0.3) is 0 Å². The predicted molar refractivity (Wildman–Crippen MR) is 95.1 cm³/mol. The van der Waals surface area contributed by atoms with Gasteiger partial charge in [-0.3, -0.25) is 0 Å². The third-order valence-electron chi connectivity index (χ3n) is 5.21. The number of aliphatic hydroxyl groups is 4. The van der Waals surface area contributed by atoms with E-state index in [1.807, 2.05) is 6.92 Å². The van der Waals surface area contributed by atoms with Crippen molar-refractivity contribution in [1.82, 2.24) is 0 Å². The first-order valence-corrected chi connectivity index (χ1v) is 8.80. The van der Waals surface area contributed by atoms with Crippen LogP contribution in [0.4, 0.5) is 0 Å². The maximum Gasteiger partial charge on any atom is 0.347 e. The molecular formula is C19H24O9. The van der Waals surface area contributed by atoms with Gasteiger partial charge in [0, 0.05) is 12.0 Å². The molecule has 1 aromatic carbocycles. The van der Waals surface area contributed by atoms with Gasteiger partial charge in [-0.1, -0.05) is 13.5 Å². The summed E-state index contributed by atoms with van der Waals surface area (Å²) in [5.74, 6) is -0.255. The normalized spacial score (nSPS) is 32.5. The average Bonchev–Trinajstić information content (AvgIpc) is 2.67. The van der Waals surface area contributed by atoms with Crippen LogP contribution in [0.1, 0.15) is 34.3 Å². The Kier molecular flexibility index (Phi) is 5.64. The number of ether oxygens (including phenoxy) is 4. The second-order valence-electron chi connectivity index (χ2n) is 6.88. The van der Waals surface area contributed by atoms with Crippen LogP contribution in [0.2, 0.25) is 0 Å². The Morgan fingerprint density at radius 1 is 1.18 bits per heavy atom. The summed E-state index contributed by atoms with van der Waals surface area (Å²) in [5, 5.41) is 39.4. The monoisotopic (exact) mass is 396 g/mol. The van der Waals surface area contributed by atoms with Crippen LogP contribution in [0, 0.1) is 6.92 Å². The first kappa shape index (κ1) is 20.6. The molecule has 0 bridgehead atoms. The Balaban J connectivity index is 2.05. The van der Waals surface area contributed by atoms with Crippen molar-refractivity contribution in [2.24, 2.45) is 0 Å². The number of carbonyl (C=O) groups excluding carboxylic acids is 1. The minimum absolute atomic E-state index is 0.0196. The van der Waals surface area contributed by atoms with Gasteiger partial charge >= 0.3 is 5.97 Å². The number of esters is 1. The van der Waals surface area contributed by atoms with Crippen molar-refractivity contribution in [3.8, 4) is 11.5 Å². The third kappa shape index (κ3) is 3.25. The molecule has 1 aromatic rings. The maximum atomic E-state index is 12.5. The van der Waals surface area contributed by atoms with Crippen LogP contribution >= 0.6 is 0 Å². The molecule has 4 N–H and O–H groups in total. The molecule has 2 aliphatic heterocycles. The van der Waals surface area contributed by atoms with Crippen LogP contribution in [0.15, 0.2) is 18.4 Å². The Hall–Kier alpha value is -2.17. The first-order chi connectivity index (χ1) is 13.2. The Morgan fingerprint density at radius 3 is 2.46 bits per heavy atom. The van der Waals surface area contributed by atoms with Gasteiger partial charge in [-0.05, 0) is 18.1 Å². The van der Waals surface area contributed by atoms with Crippen LogP contribution < -0.4 is 9.47 Å². The number of carbonyl (C=O) groups is 1. The van der Waals surface area contributed by atoms with Gasteiger partial charge in [0.05, 0.1) is 13.7 Å². The fourth-order valence-electron chi connectivity index (χ4n) is 3.52. The highest BCUT2D eigenvalue weighted by Crippen LogP contribution is 2.44. The van der Waals surface area contributed by atoms with E-state index in [0.717, 1.165) is 0 Å². The van der Waals surface area contributed by atoms with Crippen molar-refractivity contribution in [1.29, 1.82) is 0 Å². The largest absolute Gasteiger partial charge is 0.496 e. The summed E-state index contributed by atoms with van der Waals surface area (Å²) in [6, 6.07) is 1.46. The SMILES string of the molecule is C=C1OC(=O)c2c(O[C@H]3O[C@H](CO)[C@@H](O)[C@H](O)[C@H]3O)cc(OC)c(C)c2C1C. The lowest BCUT2D eigenvalue weighted by Crippen LogP contribution is -2.60. The van der Waals surface area contributed by atoms with Crippen LogP contribution in [-0.4, -0.2) is 70.8 Å². The number of hydrogen-bond donors (Lipinski definition) is 4. The molecule has 0 radical (unpaired) electrons. The van der Waals surface area contributed by atoms with Gasteiger partial charge in [0.2, 0.25) is 6.29 Å². The summed E-state index contributed by atoms with van der Waals surface area (Å²) in [5.41, 5.74) is 1.46. The summed E-state index contributed by atoms with van der Waals surface area (Å²) >= 11 is 0. The number of allylic oxidation sites excluding steroid dienone is 1. The second-order valence-corrected chi connectivity index (χ2v) is 6.88. The number of benzene rings is 1. The molecule has 2 heterocycles. The van der Waals surface area contributed by atoms with E-state index in [4.69, 9.17) is 18.9 Å². The van der Waals surface area contributed by atoms with Gasteiger partial charge in [-0.25, -0.2) is 4.79 Å². The minimum atomic E-state index is -1.62. The summed E-state index contributed by atoms with van der Waals surface area (Å²) in [6.45, 7) is 6.77. The highest BCUT2D eigenvalue weighted by molar-refractivity contribution is 5.97. The van der Waals surface area contributed by atoms with E-state index in [2.05, 4.69) is 6.58 Å². The quantitative estimate of drug-likeness (QED) is 0.518. The molecule has 0 aromatic heterocycles. The van der Waals surface area contributed by atoms with Crippen molar-refractivity contribution >= 4 is 5.97 Å². The molecule has 6 atom stereocenters. The van der Waals surface area contributed by atoms with Gasteiger partial charge in [0.25, 0.3) is 0 Å². The predicted octanol–water partition coefficient (Wildman–Crippen LogP) is -0.0301. The van der Waals surface area contributed by atoms with Gasteiger partial charge in [-0.2, -0.15) is 0 Å². The van der Waals surface area contributed by atoms with Crippen LogP contribution in [0.5, 0.6) is 11.5 Å². The van der Waals surface area contributed by atoms with E-state index in [-0.39, 0.29) is 23.0 Å². The van der Waals surface area contributed by atoms with Crippen molar-refractivity contribution in [3.63, 3.8) is 0 Å². The molecule has 0 spiro atoms. The van der Waals surface area contributed by atoms with E-state index in [0.29, 0.717) is 16.9 Å². The molecule has 9 heteroatoms. The molecular weight excluding hydrogens is 372 g/mol. The van der Waals surface area contributed by atoms with Crippen molar-refractivity contribution in [3.05, 3.63) is 35.1 Å². The molecule has 1 unspecified atom stereocenters. The van der Waals surface area contributed by atoms with Gasteiger partial charge in [0.1, 0.15) is 47.2 Å². The zero-order chi connectivity index (χ0) is 20.7. The molecule has 1 saturated heterocycles. The van der Waals surface area contributed by atoms with Crippen LogP contribution in [0.3, 0.4) is 0 Å². The van der Waals surface area contributed by atoms with Gasteiger partial charge < -0.3 is 39.4 Å². The number of rotatable bonds is 4. The molecule has 0 amide bonds. The van der Waals surface area contributed by atoms with E-state index >= 15 is 0 Å². The Bertz CT molecular complexity index is 788. The summed E-state index contributed by atoms with van der Waals surface area (Å²) in [6.07, 6.45) is -7.33. The van der Waals surface area contributed by atoms with Crippen molar-refractivity contribution in [2.75, 3.05) is 13.7 Å². The Morgan fingerprint density at radius 2 is 1.86 bits per heavy atom. The third-order valence-corrected chi connectivity index (χ3v) is 5.21. The highest BCUT2D eigenvalue weighted by Gasteiger charge is 2.45. The van der Waals surface area contributed by atoms with Crippen molar-refractivity contribution in [2.45, 2.75) is 50.5 Å². The van der Waals surface area contributed by atoms with E-state index < -0.39 is 43.3 Å².